The Morgan fingerprint density at radius 3 is 2.84 bits per heavy atom. The van der Waals surface area contributed by atoms with Gasteiger partial charge in [-0.15, -0.1) is 23.7 Å². The van der Waals surface area contributed by atoms with E-state index in [1.165, 1.54) is 0 Å². The van der Waals surface area contributed by atoms with Crippen molar-refractivity contribution in [3.63, 3.8) is 0 Å². The second kappa shape index (κ2) is 7.19. The van der Waals surface area contributed by atoms with Gasteiger partial charge < -0.3 is 15.4 Å². The summed E-state index contributed by atoms with van der Waals surface area (Å²) >= 11 is 1.63. The highest BCUT2D eigenvalue weighted by molar-refractivity contribution is 7.11. The highest BCUT2D eigenvalue weighted by atomic mass is 35.5. The average molecular weight is 306 g/mol. The Hall–Kier alpha value is -0.690. The molecule has 1 aromatic rings. The number of rotatable bonds is 4. The van der Waals surface area contributed by atoms with Crippen LogP contribution in [0.5, 0.6) is 0 Å². The normalized spacial score (nSPS) is 22.1. The van der Waals surface area contributed by atoms with Crippen LogP contribution in [0.15, 0.2) is 0 Å². The molecular weight excluding hydrogens is 286 g/mol. The van der Waals surface area contributed by atoms with Crippen LogP contribution >= 0.6 is 23.7 Å². The highest BCUT2D eigenvalue weighted by Gasteiger charge is 2.28. The molecule has 1 aliphatic rings. The van der Waals surface area contributed by atoms with Crippen molar-refractivity contribution in [2.75, 3.05) is 20.2 Å². The summed E-state index contributed by atoms with van der Waals surface area (Å²) in [6, 6.07) is 0.0579. The van der Waals surface area contributed by atoms with Gasteiger partial charge in [-0.2, -0.15) is 0 Å². The van der Waals surface area contributed by atoms with Gasteiger partial charge in [0, 0.05) is 25.1 Å². The molecule has 0 bridgehead atoms. The second-order valence-corrected chi connectivity index (χ2v) is 5.93. The van der Waals surface area contributed by atoms with Crippen LogP contribution in [-0.4, -0.2) is 43.2 Å². The first kappa shape index (κ1) is 16.4. The fourth-order valence-electron chi connectivity index (χ4n) is 2.19. The van der Waals surface area contributed by atoms with Gasteiger partial charge in [0.25, 0.3) is 0 Å². The molecule has 2 heterocycles. The van der Waals surface area contributed by atoms with E-state index in [0.29, 0.717) is 6.42 Å². The van der Waals surface area contributed by atoms with Gasteiger partial charge in [0.2, 0.25) is 5.91 Å². The number of carbonyl (C=O) groups excluding carboxylic acids is 1. The van der Waals surface area contributed by atoms with Crippen LogP contribution in [-0.2, 0) is 16.0 Å². The number of aromatic nitrogens is 1. The first-order valence-electron chi connectivity index (χ1n) is 6.06. The lowest BCUT2D eigenvalue weighted by Crippen LogP contribution is -2.44. The zero-order valence-electron chi connectivity index (χ0n) is 11.4. The highest BCUT2D eigenvalue weighted by Crippen LogP contribution is 2.16. The summed E-state index contributed by atoms with van der Waals surface area (Å²) < 4.78 is 5.31. The summed E-state index contributed by atoms with van der Waals surface area (Å²) in [5, 5.41) is 7.21. The maximum absolute atomic E-state index is 12.0. The maximum atomic E-state index is 12.0. The molecule has 2 atom stereocenters. The van der Waals surface area contributed by atoms with Gasteiger partial charge in [0.15, 0.2) is 0 Å². The van der Waals surface area contributed by atoms with Crippen molar-refractivity contribution < 1.29 is 9.53 Å². The molecule has 5 nitrogen and oxygen atoms in total. The molecule has 2 N–H and O–H groups in total. The predicted octanol–water partition coefficient (Wildman–Crippen LogP) is 0.827. The summed E-state index contributed by atoms with van der Waals surface area (Å²) in [5.74, 6) is 0.0131. The topological polar surface area (TPSA) is 63.2 Å². The Kier molecular flexibility index (Phi) is 6.19. The minimum Gasteiger partial charge on any atom is -0.378 e. The largest absolute Gasteiger partial charge is 0.378 e. The van der Waals surface area contributed by atoms with Gasteiger partial charge in [-0.3, -0.25) is 4.79 Å². The van der Waals surface area contributed by atoms with Gasteiger partial charge in [0.1, 0.15) is 0 Å². The minimum atomic E-state index is 0. The van der Waals surface area contributed by atoms with E-state index in [4.69, 9.17) is 4.74 Å². The number of thiazole rings is 1. The summed E-state index contributed by atoms with van der Waals surface area (Å²) in [7, 11) is 1.67. The number of carbonyl (C=O) groups is 1. The molecule has 2 unspecified atom stereocenters. The number of aryl methyl sites for hydroxylation is 2. The summed E-state index contributed by atoms with van der Waals surface area (Å²) in [4.78, 5) is 17.5. The predicted molar refractivity (Wildman–Crippen MR) is 78.1 cm³/mol. The van der Waals surface area contributed by atoms with Crippen LogP contribution in [0.2, 0.25) is 0 Å². The maximum Gasteiger partial charge on any atom is 0.226 e. The number of halogens is 1. The zero-order chi connectivity index (χ0) is 13.1. The van der Waals surface area contributed by atoms with Crippen LogP contribution in [0.3, 0.4) is 0 Å². The van der Waals surface area contributed by atoms with E-state index >= 15 is 0 Å². The Bertz CT molecular complexity index is 439. The molecule has 0 aromatic carbocycles. The summed E-state index contributed by atoms with van der Waals surface area (Å²) in [6.45, 7) is 5.51. The number of amides is 1. The molecule has 0 saturated carbocycles. The number of ether oxygens (including phenoxy) is 1. The molecule has 1 saturated heterocycles. The zero-order valence-corrected chi connectivity index (χ0v) is 13.0. The monoisotopic (exact) mass is 305 g/mol. The Balaban J connectivity index is 0.00000180. The first-order valence-corrected chi connectivity index (χ1v) is 6.87. The Morgan fingerprint density at radius 2 is 2.26 bits per heavy atom. The lowest BCUT2D eigenvalue weighted by Gasteiger charge is -2.18. The van der Waals surface area contributed by atoms with E-state index in [0.717, 1.165) is 28.7 Å². The van der Waals surface area contributed by atoms with Crippen molar-refractivity contribution in [1.82, 2.24) is 15.6 Å². The van der Waals surface area contributed by atoms with Gasteiger partial charge in [-0.1, -0.05) is 0 Å². The number of hydrogen-bond donors (Lipinski definition) is 2. The van der Waals surface area contributed by atoms with Crippen molar-refractivity contribution in [3.05, 3.63) is 15.6 Å². The first-order chi connectivity index (χ1) is 8.60. The molecule has 0 radical (unpaired) electrons. The molecule has 1 aromatic heterocycles. The summed E-state index contributed by atoms with van der Waals surface area (Å²) in [5.41, 5.74) is 0.884. The van der Waals surface area contributed by atoms with Gasteiger partial charge in [0.05, 0.1) is 29.3 Å². The fourth-order valence-corrected chi connectivity index (χ4v) is 3.03. The van der Waals surface area contributed by atoms with Crippen molar-refractivity contribution >= 4 is 29.7 Å². The third kappa shape index (κ3) is 4.14. The van der Waals surface area contributed by atoms with E-state index < -0.39 is 0 Å². The quantitative estimate of drug-likeness (QED) is 0.865. The molecule has 2 rings (SSSR count). The van der Waals surface area contributed by atoms with E-state index in [1.54, 1.807) is 18.4 Å². The molecule has 0 spiro atoms. The van der Waals surface area contributed by atoms with E-state index in [9.17, 15) is 4.79 Å². The summed E-state index contributed by atoms with van der Waals surface area (Å²) in [6.07, 6.45) is 0.413. The molecule has 1 amide bonds. The van der Waals surface area contributed by atoms with Crippen molar-refractivity contribution in [3.8, 4) is 0 Å². The smallest absolute Gasteiger partial charge is 0.226 e. The second-order valence-electron chi connectivity index (χ2n) is 4.52. The van der Waals surface area contributed by atoms with E-state index in [-0.39, 0.29) is 30.5 Å². The molecule has 7 heteroatoms. The molecule has 0 aliphatic carbocycles. The third-order valence-electron chi connectivity index (χ3n) is 3.14. The standard InChI is InChI=1S/C12H19N3O2S.ClH/c1-7-9(14-8(2)18-7)4-12(16)15-10-5-13-6-11(10)17-3;/h10-11,13H,4-6H2,1-3H3,(H,15,16);1H. The molecule has 1 aliphatic heterocycles. The average Bonchev–Trinajstić information content (AvgIpc) is 2.86. The van der Waals surface area contributed by atoms with Crippen molar-refractivity contribution in [1.29, 1.82) is 0 Å². The molecule has 1 fully saturated rings. The van der Waals surface area contributed by atoms with E-state index in [1.807, 2.05) is 13.8 Å². The number of hydrogen-bond acceptors (Lipinski definition) is 5. The van der Waals surface area contributed by atoms with Crippen LogP contribution < -0.4 is 10.6 Å². The molecular formula is C12H20ClN3O2S. The van der Waals surface area contributed by atoms with Crippen LogP contribution in [0.4, 0.5) is 0 Å². The molecule has 19 heavy (non-hydrogen) atoms. The van der Waals surface area contributed by atoms with E-state index in [2.05, 4.69) is 15.6 Å². The SMILES string of the molecule is COC1CNCC1NC(=O)Cc1nc(C)sc1C.Cl. The lowest BCUT2D eigenvalue weighted by atomic mass is 10.2. The van der Waals surface area contributed by atoms with Crippen LogP contribution in [0, 0.1) is 13.8 Å². The lowest BCUT2D eigenvalue weighted by molar-refractivity contribution is -0.121. The molecule has 108 valence electrons. The fraction of sp³-hybridized carbons (Fsp3) is 0.667. The van der Waals surface area contributed by atoms with Crippen molar-refractivity contribution in [2.45, 2.75) is 32.4 Å². The van der Waals surface area contributed by atoms with Crippen molar-refractivity contribution in [2.24, 2.45) is 0 Å². The number of nitrogens with one attached hydrogen (secondary N) is 2. The number of methoxy groups -OCH3 is 1. The van der Waals surface area contributed by atoms with Gasteiger partial charge in [-0.05, 0) is 13.8 Å². The third-order valence-corrected chi connectivity index (χ3v) is 4.06. The Morgan fingerprint density at radius 1 is 1.53 bits per heavy atom. The van der Waals surface area contributed by atoms with Crippen LogP contribution in [0.1, 0.15) is 15.6 Å². The minimum absolute atomic E-state index is 0. The van der Waals surface area contributed by atoms with Gasteiger partial charge in [-0.25, -0.2) is 4.98 Å². The van der Waals surface area contributed by atoms with Crippen LogP contribution in [0.25, 0.3) is 0 Å². The number of nitrogens with zero attached hydrogens (tertiary/aromatic N) is 1. The Labute approximate surface area is 123 Å². The van der Waals surface area contributed by atoms with Gasteiger partial charge >= 0.3 is 0 Å².